The fourth-order valence-electron chi connectivity index (χ4n) is 0.483. The zero-order valence-corrected chi connectivity index (χ0v) is 5.97. The second-order valence-electron chi connectivity index (χ2n) is 1.82. The molecule has 11 heavy (non-hydrogen) atoms. The average molecular weight is 155 g/mol. The van der Waals surface area contributed by atoms with Crippen LogP contribution >= 0.6 is 0 Å². The fourth-order valence-corrected chi connectivity index (χ4v) is 0.483. The lowest BCUT2D eigenvalue weighted by Crippen LogP contribution is -1.91. The number of allylic oxidation sites excluding steroid dienone is 1. The van der Waals surface area contributed by atoms with E-state index < -0.39 is 5.97 Å². The summed E-state index contributed by atoms with van der Waals surface area (Å²) in [5, 5.41) is 11.4. The molecule has 0 saturated heterocycles. The second-order valence-corrected chi connectivity index (χ2v) is 1.82. The number of carboxylic acids is 1. The van der Waals surface area contributed by atoms with Crippen molar-refractivity contribution in [3.05, 3.63) is 22.6 Å². The number of aliphatic carboxylic acids is 1. The van der Waals surface area contributed by atoms with Gasteiger partial charge in [-0.3, -0.25) is 4.79 Å². The summed E-state index contributed by atoms with van der Waals surface area (Å²) in [5.74, 6) is -0.821. The summed E-state index contributed by atoms with van der Waals surface area (Å²) in [7, 11) is 0. The van der Waals surface area contributed by atoms with E-state index in [9.17, 15) is 4.79 Å². The van der Waals surface area contributed by atoms with Gasteiger partial charge < -0.3 is 5.11 Å². The summed E-state index contributed by atoms with van der Waals surface area (Å²) < 4.78 is 0. The van der Waals surface area contributed by atoms with E-state index in [4.69, 9.17) is 10.6 Å². The van der Waals surface area contributed by atoms with Crippen molar-refractivity contribution in [2.24, 2.45) is 5.11 Å². The standard InChI is InChI=1S/C6H9N3O2/c7-9-8-5-3-1-2-4-6(10)11/h1,3H,2,4-5H2,(H,10,11)/b3-1+. The van der Waals surface area contributed by atoms with Gasteiger partial charge in [0.15, 0.2) is 0 Å². The number of hydrogen-bond acceptors (Lipinski definition) is 2. The number of rotatable bonds is 5. The maximum Gasteiger partial charge on any atom is 0.303 e. The molecule has 0 aliphatic carbocycles. The molecule has 0 amide bonds. The summed E-state index contributed by atoms with van der Waals surface area (Å²) in [5.41, 5.74) is 7.84. The van der Waals surface area contributed by atoms with E-state index in [0.29, 0.717) is 6.42 Å². The molecule has 0 aromatic rings. The lowest BCUT2D eigenvalue weighted by molar-refractivity contribution is -0.136. The first-order valence-corrected chi connectivity index (χ1v) is 3.15. The molecule has 60 valence electrons. The second kappa shape index (κ2) is 6.64. The fraction of sp³-hybridized carbons (Fsp3) is 0.500. The molecule has 0 aromatic heterocycles. The van der Waals surface area contributed by atoms with E-state index in [1.165, 1.54) is 0 Å². The Morgan fingerprint density at radius 2 is 2.36 bits per heavy atom. The van der Waals surface area contributed by atoms with Crippen molar-refractivity contribution in [2.45, 2.75) is 12.8 Å². The van der Waals surface area contributed by atoms with Crippen LogP contribution in [-0.4, -0.2) is 17.6 Å². The van der Waals surface area contributed by atoms with E-state index in [1.807, 2.05) is 0 Å². The van der Waals surface area contributed by atoms with Gasteiger partial charge in [-0.05, 0) is 12.0 Å². The number of carbonyl (C=O) groups is 1. The molecule has 0 aliphatic heterocycles. The molecule has 0 radical (unpaired) electrons. The molecule has 0 saturated carbocycles. The molecule has 0 fully saturated rings. The van der Waals surface area contributed by atoms with Gasteiger partial charge in [0.1, 0.15) is 0 Å². The van der Waals surface area contributed by atoms with E-state index in [-0.39, 0.29) is 13.0 Å². The Morgan fingerprint density at radius 1 is 1.64 bits per heavy atom. The number of carboxylic acid groups (broad SMARTS) is 1. The normalized spacial score (nSPS) is 9.45. The molecule has 0 unspecified atom stereocenters. The molecule has 0 aliphatic rings. The molecule has 0 spiro atoms. The third-order valence-corrected chi connectivity index (χ3v) is 0.942. The van der Waals surface area contributed by atoms with Gasteiger partial charge in [-0.15, -0.1) is 0 Å². The van der Waals surface area contributed by atoms with Crippen molar-refractivity contribution in [3.8, 4) is 0 Å². The summed E-state index contributed by atoms with van der Waals surface area (Å²) >= 11 is 0. The highest BCUT2D eigenvalue weighted by atomic mass is 16.4. The number of hydrogen-bond donors (Lipinski definition) is 1. The molecule has 0 atom stereocenters. The maximum atomic E-state index is 9.97. The van der Waals surface area contributed by atoms with Crippen LogP contribution in [0.3, 0.4) is 0 Å². The third kappa shape index (κ3) is 8.52. The Labute approximate surface area is 64.0 Å². The van der Waals surface area contributed by atoms with Crippen molar-refractivity contribution in [2.75, 3.05) is 6.54 Å². The average Bonchev–Trinajstić information content (AvgIpc) is 1.96. The molecule has 5 nitrogen and oxygen atoms in total. The maximum absolute atomic E-state index is 9.97. The summed E-state index contributed by atoms with van der Waals surface area (Å²) in [6.07, 6.45) is 3.93. The summed E-state index contributed by atoms with van der Waals surface area (Å²) in [6, 6.07) is 0. The molecule has 0 rings (SSSR count). The van der Waals surface area contributed by atoms with Crippen molar-refractivity contribution < 1.29 is 9.90 Å². The van der Waals surface area contributed by atoms with E-state index >= 15 is 0 Å². The van der Waals surface area contributed by atoms with Gasteiger partial charge in [0.2, 0.25) is 0 Å². The van der Waals surface area contributed by atoms with Gasteiger partial charge in [0.25, 0.3) is 0 Å². The molecule has 0 aromatic carbocycles. The van der Waals surface area contributed by atoms with Gasteiger partial charge in [-0.2, -0.15) is 0 Å². The highest BCUT2D eigenvalue weighted by Crippen LogP contribution is 1.90. The molecular weight excluding hydrogens is 146 g/mol. The van der Waals surface area contributed by atoms with Gasteiger partial charge in [0.05, 0.1) is 0 Å². The minimum atomic E-state index is -0.821. The highest BCUT2D eigenvalue weighted by molar-refractivity contribution is 5.66. The largest absolute Gasteiger partial charge is 0.481 e. The van der Waals surface area contributed by atoms with Crippen LogP contribution in [0.25, 0.3) is 10.4 Å². The minimum Gasteiger partial charge on any atom is -0.481 e. The lowest BCUT2D eigenvalue weighted by atomic mass is 10.3. The predicted octanol–water partition coefficient (Wildman–Crippen LogP) is 1.72. The Balaban J connectivity index is 3.30. The molecular formula is C6H9N3O2. The van der Waals surface area contributed by atoms with Crippen molar-refractivity contribution in [1.29, 1.82) is 0 Å². The van der Waals surface area contributed by atoms with Crippen molar-refractivity contribution in [3.63, 3.8) is 0 Å². The van der Waals surface area contributed by atoms with E-state index in [1.54, 1.807) is 12.2 Å². The van der Waals surface area contributed by atoms with Crippen LogP contribution in [-0.2, 0) is 4.79 Å². The van der Waals surface area contributed by atoms with Crippen LogP contribution in [0, 0.1) is 0 Å². The first-order valence-electron chi connectivity index (χ1n) is 3.15. The quantitative estimate of drug-likeness (QED) is 0.283. The number of nitrogens with zero attached hydrogens (tertiary/aromatic N) is 3. The van der Waals surface area contributed by atoms with Crippen LogP contribution in [0.15, 0.2) is 17.3 Å². The van der Waals surface area contributed by atoms with Gasteiger partial charge in [0, 0.05) is 17.9 Å². The van der Waals surface area contributed by atoms with Crippen LogP contribution in [0.5, 0.6) is 0 Å². The smallest absolute Gasteiger partial charge is 0.303 e. The highest BCUT2D eigenvalue weighted by Gasteiger charge is 1.90. The van der Waals surface area contributed by atoms with E-state index in [2.05, 4.69) is 10.0 Å². The zero-order chi connectivity index (χ0) is 8.53. The number of azide groups is 1. The molecule has 5 heteroatoms. The molecule has 0 heterocycles. The van der Waals surface area contributed by atoms with Crippen LogP contribution in [0.1, 0.15) is 12.8 Å². The van der Waals surface area contributed by atoms with Crippen LogP contribution in [0.2, 0.25) is 0 Å². The van der Waals surface area contributed by atoms with Crippen molar-refractivity contribution in [1.82, 2.24) is 0 Å². The topological polar surface area (TPSA) is 86.1 Å². The summed E-state index contributed by atoms with van der Waals surface area (Å²) in [6.45, 7) is 0.288. The van der Waals surface area contributed by atoms with E-state index in [0.717, 1.165) is 0 Å². The molecule has 0 bridgehead atoms. The Kier molecular flexibility index (Phi) is 5.74. The van der Waals surface area contributed by atoms with Gasteiger partial charge in [-0.25, -0.2) is 0 Å². The first kappa shape index (κ1) is 9.52. The van der Waals surface area contributed by atoms with Gasteiger partial charge in [-0.1, -0.05) is 17.3 Å². The summed E-state index contributed by atoms with van der Waals surface area (Å²) in [4.78, 5) is 12.5. The van der Waals surface area contributed by atoms with Gasteiger partial charge >= 0.3 is 5.97 Å². The van der Waals surface area contributed by atoms with Crippen LogP contribution in [0.4, 0.5) is 0 Å². The third-order valence-electron chi connectivity index (χ3n) is 0.942. The monoisotopic (exact) mass is 155 g/mol. The zero-order valence-electron chi connectivity index (χ0n) is 5.97. The first-order chi connectivity index (χ1) is 5.27. The minimum absolute atomic E-state index is 0.118. The van der Waals surface area contributed by atoms with Crippen LogP contribution < -0.4 is 0 Å². The van der Waals surface area contributed by atoms with Crippen molar-refractivity contribution >= 4 is 5.97 Å². The Bertz CT molecular complexity index is 194. The predicted molar refractivity (Wildman–Crippen MR) is 40.0 cm³/mol. The Morgan fingerprint density at radius 3 is 2.91 bits per heavy atom. The molecule has 1 N–H and O–H groups in total. The SMILES string of the molecule is [N-]=[N+]=NC/C=C/CCC(=O)O. The Hall–Kier alpha value is -1.48. The lowest BCUT2D eigenvalue weighted by Gasteiger charge is -1.85.